The van der Waals surface area contributed by atoms with Crippen molar-refractivity contribution in [2.24, 2.45) is 0 Å². The summed E-state index contributed by atoms with van der Waals surface area (Å²) in [5, 5.41) is 3.82. The first-order chi connectivity index (χ1) is 11.6. The minimum atomic E-state index is -3.67. The largest absolute Gasteiger partial charge is 1.00 e. The standard InChI is InChI=1S/C12H9F5N3O.BF3.FH/c1-5-2-21-3-6-18-20(4-19(5)6)12-10(16)8(14)7(13)9(15)11(12)17;2-1(3)4;/h4-5H,2-3H2,1H3;;1H/q+1;;/p-1/t5-;;/m0../s1. The number of rotatable bonds is 1. The highest BCUT2D eigenvalue weighted by molar-refractivity contribution is 6.33. The number of aromatic nitrogens is 3. The van der Waals surface area contributed by atoms with Crippen LogP contribution in [-0.2, 0) is 11.3 Å². The van der Waals surface area contributed by atoms with Crippen LogP contribution in [-0.4, -0.2) is 23.9 Å². The van der Waals surface area contributed by atoms with E-state index in [2.05, 4.69) is 5.10 Å². The van der Waals surface area contributed by atoms with Gasteiger partial charge in [0, 0.05) is 5.10 Å². The van der Waals surface area contributed by atoms with Gasteiger partial charge in [-0.05, 0) is 6.92 Å². The van der Waals surface area contributed by atoms with Crippen molar-refractivity contribution in [3.63, 3.8) is 0 Å². The number of hydrogen-bond donors (Lipinski definition) is 0. The van der Waals surface area contributed by atoms with E-state index in [1.54, 1.807) is 11.5 Å². The molecule has 2 aromatic rings. The molecule has 2 heterocycles. The van der Waals surface area contributed by atoms with Gasteiger partial charge >= 0.3 is 13.4 Å². The number of fused-ring (bicyclic) bond motifs is 1. The third-order valence-electron chi connectivity index (χ3n) is 3.24. The predicted molar refractivity (Wildman–Crippen MR) is 67.0 cm³/mol. The average Bonchev–Trinajstić information content (AvgIpc) is 2.96. The van der Waals surface area contributed by atoms with Crippen molar-refractivity contribution in [2.45, 2.75) is 19.6 Å². The van der Waals surface area contributed by atoms with E-state index in [9.17, 15) is 34.9 Å². The zero-order chi connectivity index (χ0) is 18.9. The number of nitrogens with zero attached hydrogens (tertiary/aromatic N) is 3. The first-order valence-corrected chi connectivity index (χ1v) is 6.66. The molecule has 1 atom stereocenters. The van der Waals surface area contributed by atoms with Crippen LogP contribution in [0.5, 0.6) is 0 Å². The van der Waals surface area contributed by atoms with Gasteiger partial charge in [0.2, 0.25) is 41.1 Å². The molecular formula is C12H9BF9N3O. The Kier molecular flexibility index (Phi) is 7.06. The minimum absolute atomic E-state index is 0. The molecule has 1 aliphatic heterocycles. The summed E-state index contributed by atoms with van der Waals surface area (Å²) in [5.74, 6) is -9.74. The summed E-state index contributed by atoms with van der Waals surface area (Å²) in [7, 11) is -3.67. The van der Waals surface area contributed by atoms with Gasteiger partial charge in [0.25, 0.3) is 0 Å². The van der Waals surface area contributed by atoms with E-state index >= 15 is 0 Å². The molecule has 0 fully saturated rings. The lowest BCUT2D eigenvalue weighted by Crippen LogP contribution is -3.00. The maximum Gasteiger partial charge on any atom is 0.762 e. The fraction of sp³-hybridized carbons (Fsp3) is 0.333. The van der Waals surface area contributed by atoms with Crippen LogP contribution in [0.15, 0.2) is 6.33 Å². The van der Waals surface area contributed by atoms with E-state index in [0.29, 0.717) is 17.1 Å². The van der Waals surface area contributed by atoms with Crippen molar-refractivity contribution in [1.29, 1.82) is 0 Å². The molecule has 1 aliphatic rings. The Balaban J connectivity index is 0.000000616. The molecule has 1 aromatic carbocycles. The number of halogens is 9. The molecule has 3 rings (SSSR count). The van der Waals surface area contributed by atoms with Gasteiger partial charge in [-0.2, -0.15) is 8.78 Å². The lowest BCUT2D eigenvalue weighted by Gasteiger charge is -2.14. The second-order valence-corrected chi connectivity index (χ2v) is 4.91. The van der Waals surface area contributed by atoms with Gasteiger partial charge < -0.3 is 9.44 Å². The van der Waals surface area contributed by atoms with E-state index in [-0.39, 0.29) is 17.4 Å². The molecule has 26 heavy (non-hydrogen) atoms. The Morgan fingerprint density at radius 2 is 1.50 bits per heavy atom. The Bertz CT molecular complexity index is 754. The van der Waals surface area contributed by atoms with E-state index < -0.39 is 42.3 Å². The zero-order valence-corrected chi connectivity index (χ0v) is 12.8. The van der Waals surface area contributed by atoms with Gasteiger partial charge in [-0.3, -0.25) is 12.9 Å². The molecule has 0 spiro atoms. The molecule has 0 N–H and O–H groups in total. The predicted octanol–water partition coefficient (Wildman–Crippen LogP) is -0.170. The van der Waals surface area contributed by atoms with E-state index in [4.69, 9.17) is 4.74 Å². The highest BCUT2D eigenvalue weighted by atomic mass is 19.4. The molecule has 0 aliphatic carbocycles. The van der Waals surface area contributed by atoms with Crippen LogP contribution in [0.25, 0.3) is 5.69 Å². The topological polar surface area (TPSA) is 30.9 Å². The van der Waals surface area contributed by atoms with Crippen molar-refractivity contribution in [2.75, 3.05) is 6.61 Å². The molecule has 4 nitrogen and oxygen atoms in total. The molecule has 0 bridgehead atoms. The molecule has 0 amide bonds. The highest BCUT2D eigenvalue weighted by Gasteiger charge is 2.34. The van der Waals surface area contributed by atoms with E-state index in [1.807, 2.05) is 0 Å². The van der Waals surface area contributed by atoms with Crippen LogP contribution in [0.4, 0.5) is 34.9 Å². The van der Waals surface area contributed by atoms with Crippen molar-refractivity contribution >= 4 is 7.54 Å². The average molecular weight is 393 g/mol. The summed E-state index contributed by atoms with van der Waals surface area (Å²) in [5.41, 5.74) is -1.11. The second kappa shape index (κ2) is 8.42. The quantitative estimate of drug-likeness (QED) is 0.222. The van der Waals surface area contributed by atoms with Crippen molar-refractivity contribution in [3.05, 3.63) is 41.2 Å². The maximum absolute atomic E-state index is 13.7. The second-order valence-electron chi connectivity index (χ2n) is 4.91. The first kappa shape index (κ1) is 21.8. The summed E-state index contributed by atoms with van der Waals surface area (Å²) >= 11 is 0. The third-order valence-corrected chi connectivity index (χ3v) is 3.24. The Morgan fingerprint density at radius 3 is 1.96 bits per heavy atom. The molecule has 14 heteroatoms. The lowest BCUT2D eigenvalue weighted by atomic mass is 10.2. The Morgan fingerprint density at radius 1 is 1.04 bits per heavy atom. The fourth-order valence-corrected chi connectivity index (χ4v) is 2.16. The van der Waals surface area contributed by atoms with Crippen molar-refractivity contribution < 1.29 is 48.9 Å². The fourth-order valence-electron chi connectivity index (χ4n) is 2.16. The normalized spacial score (nSPS) is 15.5. The summed E-state index contributed by atoms with van der Waals surface area (Å²) in [6.07, 6.45) is 1.18. The van der Waals surface area contributed by atoms with Gasteiger partial charge in [0.05, 0.1) is 6.61 Å². The summed E-state index contributed by atoms with van der Waals surface area (Å²) in [6.45, 7) is 2.22. The summed E-state index contributed by atoms with van der Waals surface area (Å²) in [4.78, 5) is 0. The minimum Gasteiger partial charge on any atom is -1.00 e. The van der Waals surface area contributed by atoms with Gasteiger partial charge in [0.15, 0.2) is 0 Å². The van der Waals surface area contributed by atoms with Crippen LogP contribution < -0.4 is 9.27 Å². The molecule has 0 saturated carbocycles. The number of benzene rings is 1. The van der Waals surface area contributed by atoms with Crippen molar-refractivity contribution in [1.82, 2.24) is 9.78 Å². The van der Waals surface area contributed by atoms with Gasteiger partial charge in [0.1, 0.15) is 12.6 Å². The van der Waals surface area contributed by atoms with Crippen LogP contribution in [0, 0.1) is 29.1 Å². The maximum atomic E-state index is 13.7. The van der Waals surface area contributed by atoms with Crippen LogP contribution >= 0.6 is 0 Å². The molecule has 0 saturated heterocycles. The van der Waals surface area contributed by atoms with Crippen LogP contribution in [0.3, 0.4) is 0 Å². The highest BCUT2D eigenvalue weighted by Crippen LogP contribution is 2.25. The molecular weight excluding hydrogens is 384 g/mol. The number of hydrogen-bond acceptors (Lipinski definition) is 2. The molecule has 1 aromatic heterocycles. The molecule has 144 valence electrons. The first-order valence-electron chi connectivity index (χ1n) is 6.66. The summed E-state index contributed by atoms with van der Waals surface area (Å²) < 4.78 is 103. The third kappa shape index (κ3) is 4.11. The van der Waals surface area contributed by atoms with Gasteiger partial charge in [-0.1, -0.05) is 4.68 Å². The lowest BCUT2D eigenvalue weighted by molar-refractivity contribution is -0.739. The smallest absolute Gasteiger partial charge is 0.762 e. The van der Waals surface area contributed by atoms with Gasteiger partial charge in [-0.15, -0.1) is 0 Å². The van der Waals surface area contributed by atoms with Crippen LogP contribution in [0.2, 0.25) is 0 Å². The Labute approximate surface area is 140 Å². The van der Waals surface area contributed by atoms with Gasteiger partial charge in [-0.25, -0.2) is 17.7 Å². The van der Waals surface area contributed by atoms with E-state index in [1.165, 1.54) is 6.33 Å². The molecule has 0 unspecified atom stereocenters. The zero-order valence-electron chi connectivity index (χ0n) is 12.8. The van der Waals surface area contributed by atoms with Crippen LogP contribution in [0.1, 0.15) is 18.8 Å². The molecule has 0 radical (unpaired) electrons. The summed E-state index contributed by atoms with van der Waals surface area (Å²) in [6, 6.07) is -0.163. The Hall–Kier alpha value is -2.25. The monoisotopic (exact) mass is 393 g/mol. The SMILES string of the molecule is C[C@H]1COCc2nn(-c3c(F)c(F)c(F)c(F)c3F)c[n+]21.FB(F)F.[F-]. The van der Waals surface area contributed by atoms with Crippen molar-refractivity contribution in [3.8, 4) is 5.69 Å². The number of ether oxygens (including phenoxy) is 1. The van der Waals surface area contributed by atoms with E-state index in [0.717, 1.165) is 0 Å².